The molecule has 0 spiro atoms. The van der Waals surface area contributed by atoms with Crippen molar-refractivity contribution in [2.75, 3.05) is 11.4 Å². The molecular formula is C14H15N3O2S2. The van der Waals surface area contributed by atoms with Crippen LogP contribution in [0.1, 0.15) is 4.88 Å². The van der Waals surface area contributed by atoms with Gasteiger partial charge in [-0.15, -0.1) is 11.3 Å². The molecule has 0 aliphatic heterocycles. The summed E-state index contributed by atoms with van der Waals surface area (Å²) in [5.74, 6) is 0. The number of nitrogens with zero attached hydrogens (tertiary/aromatic N) is 3. The summed E-state index contributed by atoms with van der Waals surface area (Å²) in [4.78, 5) is 5.24. The van der Waals surface area contributed by atoms with E-state index >= 15 is 0 Å². The van der Waals surface area contributed by atoms with E-state index in [4.69, 9.17) is 0 Å². The van der Waals surface area contributed by atoms with Crippen LogP contribution in [0, 0.1) is 6.92 Å². The van der Waals surface area contributed by atoms with E-state index in [-0.39, 0.29) is 0 Å². The Morgan fingerprint density at radius 2 is 2.00 bits per heavy atom. The Balaban J connectivity index is 2.05. The van der Waals surface area contributed by atoms with E-state index in [1.165, 1.54) is 15.6 Å². The molecule has 110 valence electrons. The van der Waals surface area contributed by atoms with Gasteiger partial charge in [-0.05, 0) is 37.3 Å². The highest BCUT2D eigenvalue weighted by Crippen LogP contribution is 2.28. The van der Waals surface area contributed by atoms with Crippen molar-refractivity contribution in [1.82, 2.24) is 9.55 Å². The van der Waals surface area contributed by atoms with Crippen molar-refractivity contribution < 1.29 is 8.42 Å². The number of anilines is 1. The molecule has 0 amide bonds. The fourth-order valence-corrected chi connectivity index (χ4v) is 4.79. The van der Waals surface area contributed by atoms with Crippen molar-refractivity contribution >= 4 is 38.1 Å². The minimum Gasteiger partial charge on any atom is -0.334 e. The first-order valence-electron chi connectivity index (χ1n) is 6.36. The van der Waals surface area contributed by atoms with E-state index < -0.39 is 10.0 Å². The van der Waals surface area contributed by atoms with Gasteiger partial charge in [-0.1, -0.05) is 0 Å². The Kier molecular flexibility index (Phi) is 3.26. The first-order valence-corrected chi connectivity index (χ1v) is 8.62. The molecule has 2 aromatic heterocycles. The zero-order valence-electron chi connectivity index (χ0n) is 11.9. The summed E-state index contributed by atoms with van der Waals surface area (Å²) in [6, 6.07) is 8.91. The van der Waals surface area contributed by atoms with E-state index in [0.717, 1.165) is 15.9 Å². The van der Waals surface area contributed by atoms with Gasteiger partial charge >= 0.3 is 0 Å². The average Bonchev–Trinajstić information content (AvgIpc) is 3.05. The zero-order valence-corrected chi connectivity index (χ0v) is 13.6. The van der Waals surface area contributed by atoms with Crippen molar-refractivity contribution in [2.45, 2.75) is 11.1 Å². The lowest BCUT2D eigenvalue weighted by molar-refractivity contribution is 0.596. The second-order valence-corrected chi connectivity index (χ2v) is 8.35. The molecule has 2 heterocycles. The maximum absolute atomic E-state index is 12.6. The van der Waals surface area contributed by atoms with Crippen LogP contribution in [0.5, 0.6) is 0 Å². The zero-order chi connectivity index (χ0) is 15.2. The summed E-state index contributed by atoms with van der Waals surface area (Å²) >= 11 is 1.28. The summed E-state index contributed by atoms with van der Waals surface area (Å²) in [5.41, 5.74) is 2.35. The number of thiophene rings is 1. The topological polar surface area (TPSA) is 55.2 Å². The molecule has 0 fully saturated rings. The number of hydrogen-bond acceptors (Lipinski definition) is 4. The van der Waals surface area contributed by atoms with Gasteiger partial charge in [0.25, 0.3) is 10.0 Å². The maximum atomic E-state index is 12.6. The summed E-state index contributed by atoms with van der Waals surface area (Å²) < 4.78 is 28.7. The Hall–Kier alpha value is -1.86. The van der Waals surface area contributed by atoms with Crippen LogP contribution in [0.2, 0.25) is 0 Å². The van der Waals surface area contributed by atoms with Gasteiger partial charge in [0, 0.05) is 19.0 Å². The normalized spacial score (nSPS) is 12.0. The molecule has 0 unspecified atom stereocenters. The number of aromatic nitrogens is 2. The van der Waals surface area contributed by atoms with Crippen molar-refractivity contribution in [3.63, 3.8) is 0 Å². The summed E-state index contributed by atoms with van der Waals surface area (Å²) in [6.45, 7) is 1.89. The molecule has 7 heteroatoms. The van der Waals surface area contributed by atoms with Crippen LogP contribution < -0.4 is 4.31 Å². The summed E-state index contributed by atoms with van der Waals surface area (Å²) in [5, 5.41) is 0. The molecule has 5 nitrogen and oxygen atoms in total. The van der Waals surface area contributed by atoms with E-state index in [9.17, 15) is 8.42 Å². The third-order valence-electron chi connectivity index (χ3n) is 3.40. The van der Waals surface area contributed by atoms with Crippen LogP contribution in [0.25, 0.3) is 11.0 Å². The highest BCUT2D eigenvalue weighted by atomic mass is 32.2. The number of imidazole rings is 1. The third kappa shape index (κ3) is 2.32. The first kappa shape index (κ1) is 14.1. The van der Waals surface area contributed by atoms with Crippen molar-refractivity contribution in [3.8, 4) is 0 Å². The molecule has 0 N–H and O–H groups in total. The maximum Gasteiger partial charge on any atom is 0.273 e. The fraction of sp³-hybridized carbons (Fsp3) is 0.214. The van der Waals surface area contributed by atoms with Crippen molar-refractivity contribution in [2.24, 2.45) is 7.05 Å². The highest BCUT2D eigenvalue weighted by Gasteiger charge is 2.23. The molecule has 0 bridgehead atoms. The summed E-state index contributed by atoms with van der Waals surface area (Å²) in [6.07, 6.45) is 1.71. The molecule has 0 radical (unpaired) electrons. The monoisotopic (exact) mass is 321 g/mol. The van der Waals surface area contributed by atoms with Crippen LogP contribution in [-0.2, 0) is 17.1 Å². The molecule has 3 rings (SSSR count). The first-order chi connectivity index (χ1) is 9.89. The Bertz CT molecular complexity index is 909. The van der Waals surface area contributed by atoms with Crippen molar-refractivity contribution in [1.29, 1.82) is 0 Å². The van der Waals surface area contributed by atoms with Gasteiger partial charge < -0.3 is 4.57 Å². The van der Waals surface area contributed by atoms with E-state index in [1.807, 2.05) is 30.7 Å². The van der Waals surface area contributed by atoms with Crippen LogP contribution in [0.3, 0.4) is 0 Å². The molecule has 0 atom stereocenters. The Labute approximate surface area is 127 Å². The highest BCUT2D eigenvalue weighted by molar-refractivity contribution is 7.94. The van der Waals surface area contributed by atoms with Gasteiger partial charge in [0.15, 0.2) is 0 Å². The predicted octanol–water partition coefficient (Wildman–Crippen LogP) is 2.77. The Morgan fingerprint density at radius 3 is 2.67 bits per heavy atom. The number of benzene rings is 1. The van der Waals surface area contributed by atoms with Gasteiger partial charge in [-0.25, -0.2) is 13.4 Å². The van der Waals surface area contributed by atoms with Crippen LogP contribution in [0.4, 0.5) is 5.69 Å². The number of sulfonamides is 1. The van der Waals surface area contributed by atoms with Gasteiger partial charge in [-0.3, -0.25) is 4.31 Å². The van der Waals surface area contributed by atoms with Gasteiger partial charge in [0.1, 0.15) is 4.21 Å². The van der Waals surface area contributed by atoms with Crippen molar-refractivity contribution in [3.05, 3.63) is 41.5 Å². The fourth-order valence-electron chi connectivity index (χ4n) is 2.14. The molecule has 3 aromatic rings. The second kappa shape index (κ2) is 4.85. The van der Waals surface area contributed by atoms with Gasteiger partial charge in [0.05, 0.1) is 23.0 Å². The largest absolute Gasteiger partial charge is 0.334 e. The van der Waals surface area contributed by atoms with E-state index in [0.29, 0.717) is 9.90 Å². The lowest BCUT2D eigenvalue weighted by Crippen LogP contribution is -2.25. The van der Waals surface area contributed by atoms with Gasteiger partial charge in [0.2, 0.25) is 0 Å². The third-order valence-corrected chi connectivity index (χ3v) is 6.66. The average molecular weight is 321 g/mol. The van der Waals surface area contributed by atoms with Gasteiger partial charge in [-0.2, -0.15) is 0 Å². The quantitative estimate of drug-likeness (QED) is 0.745. The minimum atomic E-state index is -3.52. The smallest absolute Gasteiger partial charge is 0.273 e. The lowest BCUT2D eigenvalue weighted by atomic mass is 10.3. The molecule has 1 aromatic carbocycles. The van der Waals surface area contributed by atoms with Crippen LogP contribution in [0.15, 0.2) is 40.9 Å². The number of aryl methyl sites for hydroxylation is 2. The minimum absolute atomic E-state index is 0.351. The second-order valence-electron chi connectivity index (χ2n) is 4.87. The molecule has 0 saturated carbocycles. The molecule has 0 saturated heterocycles. The van der Waals surface area contributed by atoms with Crippen LogP contribution >= 0.6 is 11.3 Å². The molecule has 0 aliphatic rings. The number of rotatable bonds is 3. The predicted molar refractivity (Wildman–Crippen MR) is 85.4 cm³/mol. The van der Waals surface area contributed by atoms with E-state index in [2.05, 4.69) is 4.98 Å². The van der Waals surface area contributed by atoms with Crippen LogP contribution in [-0.4, -0.2) is 25.0 Å². The SMILES string of the molecule is Cc1ccc(S(=O)(=O)N(C)c2ccc3c(c2)ncn3C)s1. The summed E-state index contributed by atoms with van der Waals surface area (Å²) in [7, 11) is -0.0452. The van der Waals surface area contributed by atoms with E-state index in [1.54, 1.807) is 31.6 Å². The molecule has 21 heavy (non-hydrogen) atoms. The molecular weight excluding hydrogens is 306 g/mol. The lowest BCUT2D eigenvalue weighted by Gasteiger charge is -2.18. The Morgan fingerprint density at radius 1 is 1.24 bits per heavy atom. The number of hydrogen-bond donors (Lipinski definition) is 0. The standard InChI is InChI=1S/C14H15N3O2S2/c1-10-4-7-14(20-10)21(18,19)17(3)11-5-6-13-12(8-11)15-9-16(13)2/h4-9H,1-3H3. The number of fused-ring (bicyclic) bond motifs is 1. The molecule has 0 aliphatic carbocycles.